The van der Waals surface area contributed by atoms with E-state index in [1.54, 1.807) is 13.0 Å². The minimum absolute atomic E-state index is 0.0105. The van der Waals surface area contributed by atoms with Crippen LogP contribution in [0.4, 0.5) is 11.4 Å². The summed E-state index contributed by atoms with van der Waals surface area (Å²) in [6, 6.07) is 14.3. The molecule has 0 aliphatic carbocycles. The number of carbonyl (C=O) groups is 1. The zero-order valence-electron chi connectivity index (χ0n) is 13.1. The first-order valence-electron chi connectivity index (χ1n) is 7.30. The van der Waals surface area contributed by atoms with Gasteiger partial charge in [-0.2, -0.15) is 0 Å². The minimum Gasteiger partial charge on any atom is -0.325 e. The van der Waals surface area contributed by atoms with Crippen molar-refractivity contribution in [2.24, 2.45) is 0 Å². The molecule has 0 unspecified atom stereocenters. The third kappa shape index (κ3) is 4.62. The highest BCUT2D eigenvalue weighted by molar-refractivity contribution is 5.93. The maximum Gasteiger partial charge on any atom is 0.269 e. The number of amides is 1. The van der Waals surface area contributed by atoms with E-state index >= 15 is 0 Å². The monoisotopic (exact) mass is 313 g/mol. The molecule has 6 heteroatoms. The van der Waals surface area contributed by atoms with Crippen molar-refractivity contribution in [2.75, 3.05) is 11.9 Å². The first kappa shape index (κ1) is 16.6. The predicted octanol–water partition coefficient (Wildman–Crippen LogP) is 3.19. The predicted molar refractivity (Wildman–Crippen MR) is 89.3 cm³/mol. The molecule has 2 rings (SSSR count). The van der Waals surface area contributed by atoms with E-state index in [4.69, 9.17) is 0 Å². The molecule has 2 aromatic rings. The van der Waals surface area contributed by atoms with Gasteiger partial charge in [0.1, 0.15) is 0 Å². The highest BCUT2D eigenvalue weighted by Gasteiger charge is 2.11. The summed E-state index contributed by atoms with van der Waals surface area (Å²) in [5, 5.41) is 16.6. The molecule has 0 saturated carbocycles. The van der Waals surface area contributed by atoms with Crippen molar-refractivity contribution < 1.29 is 9.72 Å². The second-order valence-electron chi connectivity index (χ2n) is 5.32. The van der Waals surface area contributed by atoms with Crippen molar-refractivity contribution in [1.82, 2.24) is 5.32 Å². The van der Waals surface area contributed by atoms with Crippen LogP contribution in [-0.4, -0.2) is 17.4 Å². The number of anilines is 1. The van der Waals surface area contributed by atoms with Crippen LogP contribution in [0.5, 0.6) is 0 Å². The minimum atomic E-state index is -0.457. The van der Waals surface area contributed by atoms with E-state index in [-0.39, 0.29) is 24.2 Å². The van der Waals surface area contributed by atoms with E-state index in [0.717, 1.165) is 5.56 Å². The summed E-state index contributed by atoms with van der Waals surface area (Å²) >= 11 is 0. The fourth-order valence-electron chi connectivity index (χ4n) is 2.20. The van der Waals surface area contributed by atoms with Crippen molar-refractivity contribution in [3.63, 3.8) is 0 Å². The summed E-state index contributed by atoms with van der Waals surface area (Å²) in [5.41, 5.74) is 2.35. The summed E-state index contributed by atoms with van der Waals surface area (Å²) < 4.78 is 0. The van der Waals surface area contributed by atoms with Gasteiger partial charge in [-0.15, -0.1) is 0 Å². The summed E-state index contributed by atoms with van der Waals surface area (Å²) in [7, 11) is 0. The van der Waals surface area contributed by atoms with Gasteiger partial charge in [0.2, 0.25) is 5.91 Å². The fourth-order valence-corrected chi connectivity index (χ4v) is 2.20. The molecular formula is C17H19N3O3. The maximum atomic E-state index is 12.0. The molecule has 1 amide bonds. The first-order chi connectivity index (χ1) is 11.0. The van der Waals surface area contributed by atoms with Gasteiger partial charge < -0.3 is 10.6 Å². The lowest BCUT2D eigenvalue weighted by Crippen LogP contribution is -2.30. The number of hydrogen-bond acceptors (Lipinski definition) is 4. The highest BCUT2D eigenvalue weighted by atomic mass is 16.6. The van der Waals surface area contributed by atoms with Gasteiger partial charge in [-0.1, -0.05) is 30.3 Å². The number of nitrogens with one attached hydrogen (secondary N) is 2. The van der Waals surface area contributed by atoms with Crippen molar-refractivity contribution in [3.05, 3.63) is 69.8 Å². The second-order valence-corrected chi connectivity index (χ2v) is 5.32. The lowest BCUT2D eigenvalue weighted by Gasteiger charge is -2.14. The summed E-state index contributed by atoms with van der Waals surface area (Å²) in [4.78, 5) is 22.3. The largest absolute Gasteiger partial charge is 0.325 e. The van der Waals surface area contributed by atoms with E-state index in [1.807, 2.05) is 37.3 Å². The molecule has 0 radical (unpaired) electrons. The van der Waals surface area contributed by atoms with Crippen LogP contribution in [0.25, 0.3) is 0 Å². The van der Waals surface area contributed by atoms with Crippen LogP contribution >= 0.6 is 0 Å². The highest BCUT2D eigenvalue weighted by Crippen LogP contribution is 2.21. The van der Waals surface area contributed by atoms with Crippen LogP contribution in [0.15, 0.2) is 48.5 Å². The average molecular weight is 313 g/mol. The van der Waals surface area contributed by atoms with E-state index in [0.29, 0.717) is 11.3 Å². The van der Waals surface area contributed by atoms with Crippen molar-refractivity contribution in [1.29, 1.82) is 0 Å². The number of carbonyl (C=O) groups excluding carboxylic acids is 1. The molecule has 0 fully saturated rings. The summed E-state index contributed by atoms with van der Waals surface area (Å²) in [6.07, 6.45) is 0. The molecule has 0 aromatic heterocycles. The lowest BCUT2D eigenvalue weighted by molar-refractivity contribution is -0.384. The fraction of sp³-hybridized carbons (Fsp3) is 0.235. The van der Waals surface area contributed by atoms with Gasteiger partial charge in [0.25, 0.3) is 5.69 Å². The van der Waals surface area contributed by atoms with Crippen molar-refractivity contribution >= 4 is 17.3 Å². The van der Waals surface area contributed by atoms with Gasteiger partial charge in [-0.3, -0.25) is 14.9 Å². The molecule has 1 atom stereocenters. The number of benzene rings is 2. The molecule has 23 heavy (non-hydrogen) atoms. The van der Waals surface area contributed by atoms with E-state index in [2.05, 4.69) is 10.6 Å². The molecule has 6 nitrogen and oxygen atoms in total. The van der Waals surface area contributed by atoms with Crippen molar-refractivity contribution in [3.8, 4) is 0 Å². The third-order valence-electron chi connectivity index (χ3n) is 3.56. The van der Waals surface area contributed by atoms with E-state index < -0.39 is 4.92 Å². The quantitative estimate of drug-likeness (QED) is 0.633. The van der Waals surface area contributed by atoms with E-state index in [1.165, 1.54) is 12.1 Å². The van der Waals surface area contributed by atoms with Gasteiger partial charge in [-0.05, 0) is 31.0 Å². The van der Waals surface area contributed by atoms with Gasteiger partial charge in [0, 0.05) is 23.9 Å². The molecule has 2 aromatic carbocycles. The number of nitrogens with zero attached hydrogens (tertiary/aromatic N) is 1. The smallest absolute Gasteiger partial charge is 0.269 e. The molecule has 0 saturated heterocycles. The Balaban J connectivity index is 1.91. The Morgan fingerprint density at radius 1 is 1.22 bits per heavy atom. The molecule has 0 aliphatic heterocycles. The number of rotatable bonds is 6. The number of non-ortho nitro benzene ring substituents is 1. The van der Waals surface area contributed by atoms with E-state index in [9.17, 15) is 14.9 Å². The van der Waals surface area contributed by atoms with Crippen LogP contribution in [-0.2, 0) is 4.79 Å². The van der Waals surface area contributed by atoms with Gasteiger partial charge >= 0.3 is 0 Å². The molecule has 0 aliphatic rings. The van der Waals surface area contributed by atoms with Crippen LogP contribution in [0.3, 0.4) is 0 Å². The maximum absolute atomic E-state index is 12.0. The third-order valence-corrected chi connectivity index (χ3v) is 3.56. The van der Waals surface area contributed by atoms with Gasteiger partial charge in [-0.25, -0.2) is 0 Å². The normalized spacial score (nSPS) is 11.7. The van der Waals surface area contributed by atoms with Crippen LogP contribution in [0, 0.1) is 17.0 Å². The molecule has 2 N–H and O–H groups in total. The second kappa shape index (κ2) is 7.51. The van der Waals surface area contributed by atoms with Crippen LogP contribution in [0.2, 0.25) is 0 Å². The Bertz CT molecular complexity index is 701. The number of hydrogen-bond donors (Lipinski definition) is 2. The Morgan fingerprint density at radius 3 is 2.52 bits per heavy atom. The molecule has 0 bridgehead atoms. The molecule has 0 spiro atoms. The Hall–Kier alpha value is -2.73. The van der Waals surface area contributed by atoms with Gasteiger partial charge in [0.05, 0.1) is 11.5 Å². The molecule has 120 valence electrons. The number of nitro groups is 1. The summed E-state index contributed by atoms with van der Waals surface area (Å²) in [6.45, 7) is 3.87. The van der Waals surface area contributed by atoms with Gasteiger partial charge in [0.15, 0.2) is 0 Å². The first-order valence-corrected chi connectivity index (χ1v) is 7.30. The Morgan fingerprint density at radius 2 is 1.91 bits per heavy atom. The average Bonchev–Trinajstić information content (AvgIpc) is 2.55. The Kier molecular flexibility index (Phi) is 5.43. The van der Waals surface area contributed by atoms with Crippen LogP contribution < -0.4 is 10.6 Å². The molecule has 0 heterocycles. The zero-order chi connectivity index (χ0) is 16.8. The Labute approximate surface area is 134 Å². The standard InChI is InChI=1S/C17H19N3O3/c1-12-10-15(20(22)23)8-9-16(12)19-17(21)11-18-13(2)14-6-4-3-5-7-14/h3-10,13,18H,11H2,1-2H3,(H,19,21)/t13-/m0/s1. The lowest BCUT2D eigenvalue weighted by atomic mass is 10.1. The van der Waals surface area contributed by atoms with Crippen LogP contribution in [0.1, 0.15) is 24.1 Å². The summed E-state index contributed by atoms with van der Waals surface area (Å²) in [5.74, 6) is -0.190. The number of aryl methyl sites for hydroxylation is 1. The molecular weight excluding hydrogens is 294 g/mol. The van der Waals surface area contributed by atoms with Crippen molar-refractivity contribution in [2.45, 2.75) is 19.9 Å². The zero-order valence-corrected chi connectivity index (χ0v) is 13.1. The topological polar surface area (TPSA) is 84.3 Å². The number of nitro benzene ring substituents is 1. The SMILES string of the molecule is Cc1cc([N+](=O)[O-])ccc1NC(=O)CN[C@@H](C)c1ccccc1.